The maximum Gasteiger partial charge on any atom is 0.235 e. The van der Waals surface area contributed by atoms with E-state index < -0.39 is 5.41 Å². The molecule has 0 radical (unpaired) electrons. The van der Waals surface area contributed by atoms with Crippen LogP contribution in [0.5, 0.6) is 0 Å². The molecule has 0 heterocycles. The van der Waals surface area contributed by atoms with Gasteiger partial charge in [-0.1, -0.05) is 12.1 Å². The van der Waals surface area contributed by atoms with Gasteiger partial charge in [0.05, 0.1) is 0 Å². The van der Waals surface area contributed by atoms with Crippen LogP contribution in [0.1, 0.15) is 25.8 Å². The van der Waals surface area contributed by atoms with Gasteiger partial charge in [0.25, 0.3) is 0 Å². The number of rotatable bonds is 9. The van der Waals surface area contributed by atoms with Crippen molar-refractivity contribution in [3.63, 3.8) is 0 Å². The van der Waals surface area contributed by atoms with Crippen LogP contribution in [0.4, 0.5) is 4.39 Å². The van der Waals surface area contributed by atoms with Gasteiger partial charge in [-0.3, -0.25) is 9.59 Å². The average molecular weight is 324 g/mol. The lowest BCUT2D eigenvalue weighted by Gasteiger charge is -2.22. The fourth-order valence-electron chi connectivity index (χ4n) is 1.93. The Morgan fingerprint density at radius 2 is 1.65 bits per heavy atom. The molecule has 0 spiro atoms. The molecule has 0 bridgehead atoms. The Balaban J connectivity index is 2.38. The molecule has 0 saturated heterocycles. The summed E-state index contributed by atoms with van der Waals surface area (Å²) in [5.41, 5.74) is -0.218. The molecule has 1 aromatic carbocycles. The fraction of sp³-hybridized carbons (Fsp3) is 0.529. The second-order valence-corrected chi connectivity index (χ2v) is 5.86. The van der Waals surface area contributed by atoms with E-state index in [1.54, 1.807) is 33.1 Å². The number of nitrogens with one attached hydrogen (secondary N) is 2. The van der Waals surface area contributed by atoms with Gasteiger partial charge in [-0.25, -0.2) is 4.39 Å². The first-order valence-electron chi connectivity index (χ1n) is 7.68. The lowest BCUT2D eigenvalue weighted by molar-refractivity contribution is -0.141. The van der Waals surface area contributed by atoms with Gasteiger partial charge in [-0.05, 0) is 44.4 Å². The standard InChI is InChI=1S/C17H25FN2O3/c1-17(2,15(21)19-10-4-12-23-3)16(22)20-11-9-13-5-7-14(18)8-6-13/h5-8H,4,9-12H2,1-3H3,(H,19,21)(H,20,22). The predicted molar refractivity (Wildman–Crippen MR) is 86.4 cm³/mol. The summed E-state index contributed by atoms with van der Waals surface area (Å²) in [5, 5.41) is 5.48. The second kappa shape index (κ2) is 9.25. The highest BCUT2D eigenvalue weighted by molar-refractivity contribution is 6.04. The Bertz CT molecular complexity index is 515. The molecule has 0 atom stereocenters. The highest BCUT2D eigenvalue weighted by Crippen LogP contribution is 2.15. The molecule has 5 nitrogen and oxygen atoms in total. The Morgan fingerprint density at radius 3 is 2.22 bits per heavy atom. The summed E-state index contributed by atoms with van der Waals surface area (Å²) in [6.45, 7) is 4.60. The molecule has 0 aliphatic carbocycles. The van der Waals surface area contributed by atoms with Gasteiger partial charge in [0.15, 0.2) is 0 Å². The van der Waals surface area contributed by atoms with E-state index in [-0.39, 0.29) is 17.6 Å². The number of hydrogen-bond acceptors (Lipinski definition) is 3. The van der Waals surface area contributed by atoms with Crippen LogP contribution in [0, 0.1) is 11.2 Å². The Hall–Kier alpha value is -1.95. The minimum atomic E-state index is -1.14. The zero-order valence-corrected chi connectivity index (χ0v) is 13.9. The zero-order valence-electron chi connectivity index (χ0n) is 13.9. The van der Waals surface area contributed by atoms with Gasteiger partial charge < -0.3 is 15.4 Å². The van der Waals surface area contributed by atoms with E-state index in [0.717, 1.165) is 5.56 Å². The van der Waals surface area contributed by atoms with Gasteiger partial charge in [0.1, 0.15) is 11.2 Å². The highest BCUT2D eigenvalue weighted by atomic mass is 19.1. The number of methoxy groups -OCH3 is 1. The maximum atomic E-state index is 12.8. The van der Waals surface area contributed by atoms with Crippen LogP contribution in [0.3, 0.4) is 0 Å². The normalized spacial score (nSPS) is 11.1. The van der Waals surface area contributed by atoms with Crippen molar-refractivity contribution in [3.8, 4) is 0 Å². The second-order valence-electron chi connectivity index (χ2n) is 5.86. The predicted octanol–water partition coefficient (Wildman–Crippen LogP) is 1.66. The number of carbonyl (C=O) groups excluding carboxylic acids is 2. The van der Waals surface area contributed by atoms with Gasteiger partial charge in [-0.15, -0.1) is 0 Å². The topological polar surface area (TPSA) is 67.4 Å². The number of amides is 2. The molecule has 2 amide bonds. The van der Waals surface area contributed by atoms with Crippen molar-refractivity contribution in [1.82, 2.24) is 10.6 Å². The minimum absolute atomic E-state index is 0.288. The fourth-order valence-corrected chi connectivity index (χ4v) is 1.93. The molecule has 0 fully saturated rings. The summed E-state index contributed by atoms with van der Waals surface area (Å²) in [4.78, 5) is 24.3. The quantitative estimate of drug-likeness (QED) is 0.536. The summed E-state index contributed by atoms with van der Waals surface area (Å²) in [5.74, 6) is -0.930. The third-order valence-corrected chi connectivity index (χ3v) is 3.56. The van der Waals surface area contributed by atoms with Crippen molar-refractivity contribution in [2.45, 2.75) is 26.7 Å². The van der Waals surface area contributed by atoms with E-state index in [0.29, 0.717) is 32.5 Å². The Kier molecular flexibility index (Phi) is 7.68. The molecule has 1 aromatic rings. The van der Waals surface area contributed by atoms with E-state index in [2.05, 4.69) is 10.6 Å². The van der Waals surface area contributed by atoms with Crippen LogP contribution >= 0.6 is 0 Å². The molecule has 0 aliphatic rings. The van der Waals surface area contributed by atoms with Crippen LogP contribution in [0.2, 0.25) is 0 Å². The largest absolute Gasteiger partial charge is 0.385 e. The van der Waals surface area contributed by atoms with Crippen molar-refractivity contribution in [2.75, 3.05) is 26.8 Å². The summed E-state index contributed by atoms with van der Waals surface area (Å²) >= 11 is 0. The van der Waals surface area contributed by atoms with Crippen molar-refractivity contribution < 1.29 is 18.7 Å². The van der Waals surface area contributed by atoms with Crippen LogP contribution in [0.15, 0.2) is 24.3 Å². The molecule has 128 valence electrons. The number of hydrogen-bond donors (Lipinski definition) is 2. The maximum absolute atomic E-state index is 12.8. The third kappa shape index (κ3) is 6.36. The van der Waals surface area contributed by atoms with Crippen LogP contribution < -0.4 is 10.6 Å². The van der Waals surface area contributed by atoms with E-state index >= 15 is 0 Å². The van der Waals surface area contributed by atoms with E-state index in [1.807, 2.05) is 0 Å². The van der Waals surface area contributed by atoms with Crippen LogP contribution in [0.25, 0.3) is 0 Å². The summed E-state index contributed by atoms with van der Waals surface area (Å²) in [6, 6.07) is 6.12. The third-order valence-electron chi connectivity index (χ3n) is 3.56. The van der Waals surface area contributed by atoms with Crippen molar-refractivity contribution in [1.29, 1.82) is 0 Å². The van der Waals surface area contributed by atoms with Crippen molar-refractivity contribution >= 4 is 11.8 Å². The van der Waals surface area contributed by atoms with Crippen molar-refractivity contribution in [2.24, 2.45) is 5.41 Å². The van der Waals surface area contributed by atoms with Gasteiger partial charge in [-0.2, -0.15) is 0 Å². The molecule has 6 heteroatoms. The minimum Gasteiger partial charge on any atom is -0.385 e. The average Bonchev–Trinajstić information content (AvgIpc) is 2.53. The lowest BCUT2D eigenvalue weighted by atomic mass is 9.91. The Labute approximate surface area is 136 Å². The highest BCUT2D eigenvalue weighted by Gasteiger charge is 2.35. The monoisotopic (exact) mass is 324 g/mol. The first-order valence-corrected chi connectivity index (χ1v) is 7.68. The number of carbonyl (C=O) groups is 2. The molecule has 0 saturated carbocycles. The molecular weight excluding hydrogens is 299 g/mol. The van der Waals surface area contributed by atoms with Gasteiger partial charge in [0, 0.05) is 26.8 Å². The van der Waals surface area contributed by atoms with E-state index in [4.69, 9.17) is 4.74 Å². The van der Waals surface area contributed by atoms with Gasteiger partial charge in [0.2, 0.25) is 11.8 Å². The molecule has 2 N–H and O–H groups in total. The Morgan fingerprint density at radius 1 is 1.09 bits per heavy atom. The van der Waals surface area contributed by atoms with Crippen LogP contribution in [-0.2, 0) is 20.7 Å². The number of halogens is 1. The molecule has 0 aliphatic heterocycles. The molecule has 1 rings (SSSR count). The first kappa shape index (κ1) is 19.1. The van der Waals surface area contributed by atoms with Crippen molar-refractivity contribution in [3.05, 3.63) is 35.6 Å². The lowest BCUT2D eigenvalue weighted by Crippen LogP contribution is -2.48. The van der Waals surface area contributed by atoms with Crippen LogP contribution in [-0.4, -0.2) is 38.6 Å². The number of benzene rings is 1. The SMILES string of the molecule is COCCCNC(=O)C(C)(C)C(=O)NCCc1ccc(F)cc1. The van der Waals surface area contributed by atoms with E-state index in [1.165, 1.54) is 12.1 Å². The summed E-state index contributed by atoms with van der Waals surface area (Å²) in [7, 11) is 1.60. The zero-order chi connectivity index (χ0) is 17.3. The number of ether oxygens (including phenoxy) is 1. The molecule has 0 unspecified atom stereocenters. The molecular formula is C17H25FN2O3. The molecule has 0 aromatic heterocycles. The smallest absolute Gasteiger partial charge is 0.235 e. The van der Waals surface area contributed by atoms with E-state index in [9.17, 15) is 14.0 Å². The van der Waals surface area contributed by atoms with Gasteiger partial charge >= 0.3 is 0 Å². The first-order chi connectivity index (χ1) is 10.9. The molecule has 23 heavy (non-hydrogen) atoms. The summed E-state index contributed by atoms with van der Waals surface area (Å²) < 4.78 is 17.7. The summed E-state index contributed by atoms with van der Waals surface area (Å²) in [6.07, 6.45) is 1.28.